The van der Waals surface area contributed by atoms with Gasteiger partial charge in [0, 0.05) is 25.7 Å². The Bertz CT molecular complexity index is 349. The summed E-state index contributed by atoms with van der Waals surface area (Å²) in [4.78, 5) is 2.57. The first-order valence-corrected chi connectivity index (χ1v) is 6.86. The van der Waals surface area contributed by atoms with Gasteiger partial charge in [0.25, 0.3) is 0 Å². The number of likely N-dealkylation sites (N-methyl/N-ethyl adjacent to an activating group) is 1. The van der Waals surface area contributed by atoms with Gasteiger partial charge in [0.2, 0.25) is 0 Å². The molecule has 1 aliphatic heterocycles. The molecular formula is C15H24N2. The number of likely N-dealkylation sites (tertiary alicyclic amines) is 1. The van der Waals surface area contributed by atoms with E-state index in [-0.39, 0.29) is 0 Å². The van der Waals surface area contributed by atoms with E-state index in [1.807, 2.05) is 0 Å². The van der Waals surface area contributed by atoms with Crippen LogP contribution in [0.4, 0.5) is 0 Å². The second kappa shape index (κ2) is 6.18. The van der Waals surface area contributed by atoms with Crippen LogP contribution in [0.1, 0.15) is 31.4 Å². The lowest BCUT2D eigenvalue weighted by atomic mass is 10.1. The summed E-state index contributed by atoms with van der Waals surface area (Å²) >= 11 is 0. The van der Waals surface area contributed by atoms with E-state index in [2.05, 4.69) is 48.3 Å². The van der Waals surface area contributed by atoms with E-state index in [1.54, 1.807) is 0 Å². The first-order valence-electron chi connectivity index (χ1n) is 6.86. The molecule has 0 aliphatic carbocycles. The third-order valence-electron chi connectivity index (χ3n) is 3.66. The molecule has 17 heavy (non-hydrogen) atoms. The van der Waals surface area contributed by atoms with E-state index in [1.165, 1.54) is 30.6 Å². The Hall–Kier alpha value is -0.860. The lowest BCUT2D eigenvalue weighted by Crippen LogP contribution is -2.32. The molecule has 2 rings (SSSR count). The Morgan fingerprint density at radius 2 is 2.00 bits per heavy atom. The van der Waals surface area contributed by atoms with Gasteiger partial charge >= 0.3 is 0 Å². The molecule has 1 aromatic carbocycles. The number of aryl methyl sites for hydroxylation is 1. The first kappa shape index (κ1) is 12.6. The number of hydrogen-bond acceptors (Lipinski definition) is 2. The maximum Gasteiger partial charge on any atom is 0.0237 e. The van der Waals surface area contributed by atoms with Gasteiger partial charge in [-0.3, -0.25) is 4.90 Å². The van der Waals surface area contributed by atoms with Crippen molar-refractivity contribution in [2.24, 2.45) is 0 Å². The van der Waals surface area contributed by atoms with Crippen LogP contribution in [0.3, 0.4) is 0 Å². The summed E-state index contributed by atoms with van der Waals surface area (Å²) < 4.78 is 0. The molecule has 1 unspecified atom stereocenters. The van der Waals surface area contributed by atoms with E-state index in [0.29, 0.717) is 6.04 Å². The van der Waals surface area contributed by atoms with Crippen molar-refractivity contribution in [2.75, 3.05) is 19.6 Å². The number of hydrogen-bond donors (Lipinski definition) is 1. The average molecular weight is 232 g/mol. The third kappa shape index (κ3) is 3.30. The smallest absolute Gasteiger partial charge is 0.0237 e. The molecule has 1 heterocycles. The molecule has 1 saturated heterocycles. The number of benzene rings is 1. The Morgan fingerprint density at radius 3 is 2.71 bits per heavy atom. The van der Waals surface area contributed by atoms with E-state index in [9.17, 15) is 0 Å². The molecule has 2 heteroatoms. The molecule has 1 atom stereocenters. The van der Waals surface area contributed by atoms with Gasteiger partial charge in [0.15, 0.2) is 0 Å². The molecule has 94 valence electrons. The first-order chi connectivity index (χ1) is 8.33. The minimum atomic E-state index is 0.703. The molecule has 1 aliphatic rings. The Balaban J connectivity index is 1.93. The molecule has 0 bridgehead atoms. The summed E-state index contributed by atoms with van der Waals surface area (Å²) in [5.41, 5.74) is 3.01. The topological polar surface area (TPSA) is 15.3 Å². The van der Waals surface area contributed by atoms with Crippen molar-refractivity contribution in [3.8, 4) is 0 Å². The minimum absolute atomic E-state index is 0.703. The highest BCUT2D eigenvalue weighted by Gasteiger charge is 2.21. The van der Waals surface area contributed by atoms with Gasteiger partial charge in [-0.15, -0.1) is 0 Å². The van der Waals surface area contributed by atoms with Gasteiger partial charge < -0.3 is 5.32 Å². The molecule has 0 saturated carbocycles. The van der Waals surface area contributed by atoms with Gasteiger partial charge in [-0.2, -0.15) is 0 Å². The predicted molar refractivity (Wildman–Crippen MR) is 73.2 cm³/mol. The van der Waals surface area contributed by atoms with E-state index in [0.717, 1.165) is 19.5 Å². The van der Waals surface area contributed by atoms with Crippen LogP contribution in [0, 0.1) is 0 Å². The zero-order valence-electron chi connectivity index (χ0n) is 11.1. The van der Waals surface area contributed by atoms with Crippen LogP contribution in [-0.4, -0.2) is 30.6 Å². The fraction of sp³-hybridized carbons (Fsp3) is 0.600. The largest absolute Gasteiger partial charge is 0.313 e. The van der Waals surface area contributed by atoms with E-state index < -0.39 is 0 Å². The van der Waals surface area contributed by atoms with Gasteiger partial charge in [-0.1, -0.05) is 38.1 Å². The van der Waals surface area contributed by atoms with Gasteiger partial charge in [0.05, 0.1) is 0 Å². The van der Waals surface area contributed by atoms with Crippen molar-refractivity contribution in [2.45, 2.75) is 39.3 Å². The Morgan fingerprint density at radius 1 is 1.24 bits per heavy atom. The molecule has 0 spiro atoms. The quantitative estimate of drug-likeness (QED) is 0.839. The molecule has 0 radical (unpaired) electrons. The normalized spacial score (nSPS) is 20.9. The molecule has 1 fully saturated rings. The summed E-state index contributed by atoms with van der Waals surface area (Å²) in [6.07, 6.45) is 2.43. The second-order valence-electron chi connectivity index (χ2n) is 4.90. The highest BCUT2D eigenvalue weighted by molar-refractivity contribution is 5.27. The maximum absolute atomic E-state index is 3.55. The lowest BCUT2D eigenvalue weighted by molar-refractivity contribution is 0.320. The molecule has 0 amide bonds. The molecular weight excluding hydrogens is 208 g/mol. The zero-order chi connectivity index (χ0) is 12.1. The van der Waals surface area contributed by atoms with Crippen molar-refractivity contribution in [1.29, 1.82) is 0 Å². The monoisotopic (exact) mass is 232 g/mol. The second-order valence-corrected chi connectivity index (χ2v) is 4.90. The summed E-state index contributed by atoms with van der Waals surface area (Å²) in [7, 11) is 0. The predicted octanol–water partition coefficient (Wildman–Crippen LogP) is 2.43. The molecule has 1 N–H and O–H groups in total. The fourth-order valence-corrected chi connectivity index (χ4v) is 2.73. The number of rotatable bonds is 5. The summed E-state index contributed by atoms with van der Waals surface area (Å²) in [6, 6.07) is 9.54. The van der Waals surface area contributed by atoms with E-state index in [4.69, 9.17) is 0 Å². The average Bonchev–Trinajstić information content (AvgIpc) is 2.78. The molecule has 0 aromatic heterocycles. The third-order valence-corrected chi connectivity index (χ3v) is 3.66. The van der Waals surface area contributed by atoms with Crippen molar-refractivity contribution in [3.05, 3.63) is 35.4 Å². The van der Waals surface area contributed by atoms with Gasteiger partial charge in [-0.05, 0) is 30.5 Å². The number of nitrogens with one attached hydrogen (secondary N) is 1. The number of nitrogens with zero attached hydrogens (tertiary/aromatic N) is 1. The van der Waals surface area contributed by atoms with Gasteiger partial charge in [-0.25, -0.2) is 0 Å². The van der Waals surface area contributed by atoms with Crippen molar-refractivity contribution in [1.82, 2.24) is 10.2 Å². The Labute approximate surface area is 105 Å². The van der Waals surface area contributed by atoms with Crippen LogP contribution in [0.2, 0.25) is 0 Å². The molecule has 2 nitrogen and oxygen atoms in total. The maximum atomic E-state index is 3.55. The van der Waals surface area contributed by atoms with Crippen molar-refractivity contribution in [3.63, 3.8) is 0 Å². The van der Waals surface area contributed by atoms with Crippen LogP contribution in [0.5, 0.6) is 0 Å². The molecule has 1 aromatic rings. The van der Waals surface area contributed by atoms with E-state index >= 15 is 0 Å². The lowest BCUT2D eigenvalue weighted by Gasteiger charge is -2.18. The SMILES string of the molecule is CCNC1CCN(Cc2ccccc2CC)C1. The van der Waals surface area contributed by atoms with Crippen LogP contribution in [0.25, 0.3) is 0 Å². The van der Waals surface area contributed by atoms with Crippen molar-refractivity contribution < 1.29 is 0 Å². The van der Waals surface area contributed by atoms with Crippen molar-refractivity contribution >= 4 is 0 Å². The fourth-order valence-electron chi connectivity index (χ4n) is 2.73. The highest BCUT2D eigenvalue weighted by Crippen LogP contribution is 2.16. The van der Waals surface area contributed by atoms with Crippen LogP contribution in [-0.2, 0) is 13.0 Å². The minimum Gasteiger partial charge on any atom is -0.313 e. The van der Waals surface area contributed by atoms with Crippen LogP contribution >= 0.6 is 0 Å². The Kier molecular flexibility index (Phi) is 4.57. The van der Waals surface area contributed by atoms with Crippen LogP contribution < -0.4 is 5.32 Å². The summed E-state index contributed by atoms with van der Waals surface area (Å²) in [6.45, 7) is 9.07. The van der Waals surface area contributed by atoms with Crippen LogP contribution in [0.15, 0.2) is 24.3 Å². The standard InChI is InChI=1S/C15H24N2/c1-3-13-7-5-6-8-14(13)11-17-10-9-15(12-17)16-4-2/h5-8,15-16H,3-4,9-12H2,1-2H3. The summed E-state index contributed by atoms with van der Waals surface area (Å²) in [5.74, 6) is 0. The highest BCUT2D eigenvalue weighted by atomic mass is 15.2. The zero-order valence-corrected chi connectivity index (χ0v) is 11.1. The van der Waals surface area contributed by atoms with Gasteiger partial charge in [0.1, 0.15) is 0 Å². The summed E-state index contributed by atoms with van der Waals surface area (Å²) in [5, 5.41) is 3.55.